The number of hydrogen-bond donors (Lipinski definition) is 3. The van der Waals surface area contributed by atoms with Crippen LogP contribution in [-0.4, -0.2) is 28.5 Å². The molecule has 0 spiro atoms. The van der Waals surface area contributed by atoms with Crippen molar-refractivity contribution < 1.29 is 18.5 Å². The van der Waals surface area contributed by atoms with Crippen molar-refractivity contribution in [1.82, 2.24) is 15.5 Å². The van der Waals surface area contributed by atoms with Gasteiger partial charge in [0.15, 0.2) is 5.82 Å². The number of nitrogens with zero attached hydrogens (tertiary/aromatic N) is 1. The van der Waals surface area contributed by atoms with Crippen LogP contribution in [0.25, 0.3) is 10.9 Å². The molecule has 1 aromatic carbocycles. The summed E-state index contributed by atoms with van der Waals surface area (Å²) in [4.78, 5) is 27.2. The molecule has 0 radical (unpaired) electrons. The van der Waals surface area contributed by atoms with Crippen molar-refractivity contribution in [2.45, 2.75) is 13.8 Å². The molecule has 0 saturated heterocycles. The van der Waals surface area contributed by atoms with E-state index in [0.29, 0.717) is 27.9 Å². The summed E-state index contributed by atoms with van der Waals surface area (Å²) < 4.78 is 18.3. The Morgan fingerprint density at radius 1 is 1.29 bits per heavy atom. The second kappa shape index (κ2) is 6.15. The number of fused-ring (bicyclic) bond motifs is 1. The van der Waals surface area contributed by atoms with Crippen molar-refractivity contribution in [3.05, 3.63) is 47.1 Å². The van der Waals surface area contributed by atoms with Gasteiger partial charge in [-0.3, -0.25) is 9.59 Å². The first-order valence-corrected chi connectivity index (χ1v) is 7.23. The van der Waals surface area contributed by atoms with Gasteiger partial charge in [0, 0.05) is 22.7 Å². The average molecular weight is 330 g/mol. The number of aromatic amines is 1. The van der Waals surface area contributed by atoms with Crippen LogP contribution in [0.4, 0.5) is 10.2 Å². The van der Waals surface area contributed by atoms with E-state index in [0.717, 1.165) is 0 Å². The number of halogens is 1. The first kappa shape index (κ1) is 15.7. The van der Waals surface area contributed by atoms with Gasteiger partial charge < -0.3 is 20.1 Å². The summed E-state index contributed by atoms with van der Waals surface area (Å²) in [6.07, 6.45) is 0. The monoisotopic (exact) mass is 330 g/mol. The second-order valence-electron chi connectivity index (χ2n) is 5.37. The Morgan fingerprint density at radius 3 is 2.79 bits per heavy atom. The molecule has 24 heavy (non-hydrogen) atoms. The number of nitrogens with one attached hydrogen (secondary N) is 3. The van der Waals surface area contributed by atoms with Crippen LogP contribution in [0, 0.1) is 19.7 Å². The summed E-state index contributed by atoms with van der Waals surface area (Å²) in [5.74, 6) is -0.506. The zero-order valence-corrected chi connectivity index (χ0v) is 13.1. The molecule has 0 fully saturated rings. The number of benzene rings is 1. The highest BCUT2D eigenvalue weighted by atomic mass is 19.1. The molecule has 3 rings (SSSR count). The van der Waals surface area contributed by atoms with E-state index in [1.54, 1.807) is 26.0 Å². The lowest BCUT2D eigenvalue weighted by Crippen LogP contribution is -2.33. The summed E-state index contributed by atoms with van der Waals surface area (Å²) in [6.45, 7) is 3.17. The maximum absolute atomic E-state index is 13.4. The molecule has 2 amide bonds. The minimum Gasteiger partial charge on any atom is -0.360 e. The van der Waals surface area contributed by atoms with Crippen LogP contribution in [0.15, 0.2) is 28.8 Å². The molecule has 0 bridgehead atoms. The number of aromatic nitrogens is 2. The molecule has 7 nitrogen and oxygen atoms in total. The van der Waals surface area contributed by atoms with Crippen molar-refractivity contribution in [2.75, 3.05) is 11.9 Å². The maximum atomic E-state index is 13.4. The highest BCUT2D eigenvalue weighted by molar-refractivity contribution is 6.09. The molecule has 0 aliphatic heterocycles. The second-order valence-corrected chi connectivity index (χ2v) is 5.37. The fraction of sp³-hybridized carbons (Fsp3) is 0.188. The van der Waals surface area contributed by atoms with Crippen LogP contribution in [-0.2, 0) is 4.79 Å². The summed E-state index contributed by atoms with van der Waals surface area (Å²) in [7, 11) is 0. The summed E-state index contributed by atoms with van der Waals surface area (Å²) in [5.41, 5.74) is 1.57. The summed E-state index contributed by atoms with van der Waals surface area (Å²) in [5, 5.41) is 9.11. The van der Waals surface area contributed by atoms with E-state index in [-0.39, 0.29) is 12.4 Å². The largest absolute Gasteiger partial charge is 0.360 e. The number of carbonyl (C=O) groups excluding carboxylic acids is 2. The maximum Gasteiger partial charge on any atom is 0.254 e. The van der Waals surface area contributed by atoms with E-state index in [1.807, 2.05) is 0 Å². The Bertz CT molecular complexity index is 929. The predicted molar refractivity (Wildman–Crippen MR) is 85.2 cm³/mol. The Labute approximate surface area is 136 Å². The van der Waals surface area contributed by atoms with Crippen LogP contribution in [0.1, 0.15) is 21.8 Å². The normalized spacial score (nSPS) is 10.8. The lowest BCUT2D eigenvalue weighted by molar-refractivity contribution is -0.115. The molecule has 0 saturated carbocycles. The van der Waals surface area contributed by atoms with E-state index < -0.39 is 17.6 Å². The quantitative estimate of drug-likeness (QED) is 0.683. The van der Waals surface area contributed by atoms with Crippen molar-refractivity contribution in [3.8, 4) is 0 Å². The van der Waals surface area contributed by atoms with E-state index in [1.165, 1.54) is 12.1 Å². The third kappa shape index (κ3) is 3.12. The molecular formula is C16H15FN4O3. The Hall–Kier alpha value is -3.16. The molecule has 0 unspecified atom stereocenters. The fourth-order valence-corrected chi connectivity index (χ4v) is 2.45. The van der Waals surface area contributed by atoms with Gasteiger partial charge in [0.25, 0.3) is 5.91 Å². The Balaban J connectivity index is 1.70. The van der Waals surface area contributed by atoms with Crippen molar-refractivity contribution >= 4 is 28.5 Å². The molecular weight excluding hydrogens is 315 g/mol. The molecule has 8 heteroatoms. The number of anilines is 1. The van der Waals surface area contributed by atoms with Crippen molar-refractivity contribution in [1.29, 1.82) is 0 Å². The van der Waals surface area contributed by atoms with Crippen molar-refractivity contribution in [2.24, 2.45) is 0 Å². The van der Waals surface area contributed by atoms with Gasteiger partial charge in [0.05, 0.1) is 12.1 Å². The molecule has 0 aliphatic carbocycles. The average Bonchev–Trinajstić information content (AvgIpc) is 3.07. The van der Waals surface area contributed by atoms with Crippen molar-refractivity contribution in [3.63, 3.8) is 0 Å². The first-order valence-electron chi connectivity index (χ1n) is 7.23. The van der Waals surface area contributed by atoms with Gasteiger partial charge in [-0.2, -0.15) is 0 Å². The zero-order chi connectivity index (χ0) is 17.3. The standard InChI is InChI=1S/C16H15FN4O3/c1-8-5-13(21-24-8)20-14(22)7-18-16(23)15-9(2)19-12-4-3-10(17)6-11(12)15/h3-6,19H,7H2,1-2H3,(H,18,23)(H,20,21,22). The van der Waals surface area contributed by atoms with Crippen LogP contribution >= 0.6 is 0 Å². The number of H-pyrrole nitrogens is 1. The topological polar surface area (TPSA) is 100 Å². The molecule has 3 N–H and O–H groups in total. The predicted octanol–water partition coefficient (Wildman–Crippen LogP) is 2.28. The van der Waals surface area contributed by atoms with Gasteiger partial charge in [-0.25, -0.2) is 4.39 Å². The minimum absolute atomic E-state index is 0.244. The van der Waals surface area contributed by atoms with E-state index in [9.17, 15) is 14.0 Å². The zero-order valence-electron chi connectivity index (χ0n) is 13.1. The highest BCUT2D eigenvalue weighted by Gasteiger charge is 2.17. The summed E-state index contributed by atoms with van der Waals surface area (Å²) >= 11 is 0. The number of amides is 2. The van der Waals surface area contributed by atoms with Gasteiger partial charge >= 0.3 is 0 Å². The van der Waals surface area contributed by atoms with Crippen LogP contribution in [0.2, 0.25) is 0 Å². The van der Waals surface area contributed by atoms with E-state index >= 15 is 0 Å². The third-order valence-corrected chi connectivity index (χ3v) is 3.48. The molecule has 2 aromatic heterocycles. The number of aryl methyl sites for hydroxylation is 2. The van der Waals surface area contributed by atoms with Gasteiger partial charge in [0.1, 0.15) is 11.6 Å². The Morgan fingerprint density at radius 2 is 2.08 bits per heavy atom. The van der Waals surface area contributed by atoms with Gasteiger partial charge in [-0.05, 0) is 32.0 Å². The van der Waals surface area contributed by atoms with Crippen LogP contribution in [0.5, 0.6) is 0 Å². The number of hydrogen-bond acceptors (Lipinski definition) is 4. The molecule has 124 valence electrons. The lowest BCUT2D eigenvalue weighted by Gasteiger charge is -2.05. The first-order chi connectivity index (χ1) is 11.4. The lowest BCUT2D eigenvalue weighted by atomic mass is 10.1. The third-order valence-electron chi connectivity index (χ3n) is 3.48. The minimum atomic E-state index is -0.462. The fourth-order valence-electron chi connectivity index (χ4n) is 2.45. The van der Waals surface area contributed by atoms with Gasteiger partial charge in [-0.1, -0.05) is 5.16 Å². The van der Waals surface area contributed by atoms with E-state index in [4.69, 9.17) is 4.52 Å². The highest BCUT2D eigenvalue weighted by Crippen LogP contribution is 2.22. The molecule has 3 aromatic rings. The molecule has 0 aliphatic rings. The molecule has 2 heterocycles. The van der Waals surface area contributed by atoms with Gasteiger partial charge in [-0.15, -0.1) is 0 Å². The smallest absolute Gasteiger partial charge is 0.254 e. The molecule has 0 atom stereocenters. The SMILES string of the molecule is Cc1cc(NC(=O)CNC(=O)c2c(C)[nH]c3ccc(F)cc23)no1. The van der Waals surface area contributed by atoms with Crippen LogP contribution < -0.4 is 10.6 Å². The van der Waals surface area contributed by atoms with E-state index in [2.05, 4.69) is 20.8 Å². The summed E-state index contributed by atoms with van der Waals surface area (Å²) in [6, 6.07) is 5.72. The number of rotatable bonds is 4. The van der Waals surface area contributed by atoms with Crippen LogP contribution in [0.3, 0.4) is 0 Å². The Kier molecular flexibility index (Phi) is 4.03. The van der Waals surface area contributed by atoms with Gasteiger partial charge in [0.2, 0.25) is 5.91 Å². The number of carbonyl (C=O) groups is 2.